The first-order valence-corrected chi connectivity index (χ1v) is 7.52. The van der Waals surface area contributed by atoms with E-state index in [-0.39, 0.29) is 5.91 Å². The van der Waals surface area contributed by atoms with Gasteiger partial charge in [0.2, 0.25) is 0 Å². The molecule has 0 saturated carbocycles. The van der Waals surface area contributed by atoms with Crippen LogP contribution in [0, 0.1) is 0 Å². The van der Waals surface area contributed by atoms with Crippen molar-refractivity contribution in [3.8, 4) is 0 Å². The molecule has 0 N–H and O–H groups in total. The van der Waals surface area contributed by atoms with E-state index < -0.39 is 0 Å². The third-order valence-corrected chi connectivity index (χ3v) is 3.32. The summed E-state index contributed by atoms with van der Waals surface area (Å²) < 4.78 is 6.98. The summed E-state index contributed by atoms with van der Waals surface area (Å²) in [6.07, 6.45) is 0. The lowest BCUT2D eigenvalue weighted by Crippen LogP contribution is -2.30. The molecule has 0 heterocycles. The summed E-state index contributed by atoms with van der Waals surface area (Å²) in [6.45, 7) is 1.54. The largest absolute Gasteiger partial charge is 0.378 e. The molecule has 1 aromatic rings. The number of rotatable bonds is 6. The molecule has 0 bridgehead atoms. The molecule has 0 fully saturated rings. The Morgan fingerprint density at radius 2 is 1.89 bits per heavy atom. The summed E-state index contributed by atoms with van der Waals surface area (Å²) in [5.74, 6) is 0.433. The third kappa shape index (κ3) is 5.26. The molecule has 18 heavy (non-hydrogen) atoms. The van der Waals surface area contributed by atoms with Gasteiger partial charge in [-0.15, -0.1) is 11.6 Å². The number of likely N-dealkylation sites (N-methyl/N-ethyl adjacent to an activating group) is 1. The molecule has 1 rings (SSSR count). The van der Waals surface area contributed by atoms with Gasteiger partial charge < -0.3 is 9.64 Å². The maximum Gasteiger partial charge on any atom is 0.253 e. The highest BCUT2D eigenvalue weighted by Gasteiger charge is 2.12. The van der Waals surface area contributed by atoms with Gasteiger partial charge in [-0.1, -0.05) is 31.9 Å². The Hall–Kier alpha value is -0.100. The summed E-state index contributed by atoms with van der Waals surface area (Å²) in [6, 6.07) is 5.48. The number of carbonyl (C=O) groups excluding carboxylic acids is 1. The lowest BCUT2D eigenvalue weighted by Gasteiger charge is -2.17. The molecule has 1 aromatic carbocycles. The minimum atomic E-state index is -0.0357. The van der Waals surface area contributed by atoms with Crippen LogP contribution in [-0.2, 0) is 4.74 Å². The van der Waals surface area contributed by atoms with Gasteiger partial charge >= 0.3 is 0 Å². The fourth-order valence-corrected chi connectivity index (χ4v) is 2.76. The Morgan fingerprint density at radius 3 is 2.44 bits per heavy atom. The van der Waals surface area contributed by atoms with Gasteiger partial charge in [-0.25, -0.2) is 0 Å². The fourth-order valence-electron chi connectivity index (χ4n) is 1.36. The van der Waals surface area contributed by atoms with Crippen molar-refractivity contribution in [1.29, 1.82) is 0 Å². The number of carbonyl (C=O) groups is 1. The first-order valence-electron chi connectivity index (χ1n) is 5.40. The quantitative estimate of drug-likeness (QED) is 0.541. The Labute approximate surface area is 129 Å². The van der Waals surface area contributed by atoms with Crippen LogP contribution in [0.2, 0.25) is 0 Å². The molecule has 0 aliphatic heterocycles. The predicted octanol–water partition coefficient (Wildman–Crippen LogP) is 3.54. The average molecular weight is 400 g/mol. The molecule has 0 atom stereocenters. The zero-order chi connectivity index (χ0) is 13.5. The number of ether oxygens (including phenoxy) is 1. The smallest absolute Gasteiger partial charge is 0.253 e. The molecule has 1 amide bonds. The van der Waals surface area contributed by atoms with Crippen LogP contribution < -0.4 is 0 Å². The summed E-state index contributed by atoms with van der Waals surface area (Å²) in [4.78, 5) is 13.7. The van der Waals surface area contributed by atoms with E-state index in [0.29, 0.717) is 31.2 Å². The zero-order valence-electron chi connectivity index (χ0n) is 9.96. The van der Waals surface area contributed by atoms with Crippen LogP contribution in [0.3, 0.4) is 0 Å². The number of hydrogen-bond acceptors (Lipinski definition) is 2. The van der Waals surface area contributed by atoms with Gasteiger partial charge in [-0.05, 0) is 18.2 Å². The predicted molar refractivity (Wildman–Crippen MR) is 80.3 cm³/mol. The van der Waals surface area contributed by atoms with Crippen LogP contribution in [-0.4, -0.2) is 43.5 Å². The van der Waals surface area contributed by atoms with E-state index in [0.717, 1.165) is 8.95 Å². The van der Waals surface area contributed by atoms with Gasteiger partial charge in [-0.3, -0.25) is 4.79 Å². The highest BCUT2D eigenvalue weighted by Crippen LogP contribution is 2.20. The second-order valence-corrected chi connectivity index (χ2v) is 5.90. The maximum atomic E-state index is 12.1. The molecule has 0 aromatic heterocycles. The van der Waals surface area contributed by atoms with Crippen molar-refractivity contribution in [2.24, 2.45) is 0 Å². The van der Waals surface area contributed by atoms with Gasteiger partial charge in [-0.2, -0.15) is 0 Å². The molecule has 0 spiro atoms. The number of halogens is 3. The molecule has 100 valence electrons. The van der Waals surface area contributed by atoms with Crippen molar-refractivity contribution in [1.82, 2.24) is 4.90 Å². The Bertz CT molecular complexity index is 395. The van der Waals surface area contributed by atoms with Crippen molar-refractivity contribution in [3.63, 3.8) is 0 Å². The van der Waals surface area contributed by atoms with Crippen LogP contribution in [0.5, 0.6) is 0 Å². The minimum absolute atomic E-state index is 0.0357. The zero-order valence-corrected chi connectivity index (χ0v) is 13.9. The molecule has 6 heteroatoms. The Kier molecular flexibility index (Phi) is 7.22. The number of hydrogen-bond donors (Lipinski definition) is 0. The monoisotopic (exact) mass is 397 g/mol. The Balaban J connectivity index is 2.57. The first kappa shape index (κ1) is 16.0. The third-order valence-electron chi connectivity index (χ3n) is 2.25. The van der Waals surface area contributed by atoms with Crippen molar-refractivity contribution >= 4 is 49.4 Å². The summed E-state index contributed by atoms with van der Waals surface area (Å²) >= 11 is 12.2. The van der Waals surface area contributed by atoms with Crippen molar-refractivity contribution in [2.45, 2.75) is 0 Å². The summed E-state index contributed by atoms with van der Waals surface area (Å²) in [5, 5.41) is 0. The van der Waals surface area contributed by atoms with E-state index in [9.17, 15) is 4.79 Å². The maximum absolute atomic E-state index is 12.1. The first-order chi connectivity index (χ1) is 8.54. The SMILES string of the molecule is CN(CCOCCCl)C(=O)c1cc(Br)cc(Br)c1. The standard InChI is InChI=1S/C12H14Br2ClNO2/c1-16(3-5-18-4-2-15)12(17)9-6-10(13)8-11(14)7-9/h6-8H,2-5H2,1H3. The van der Waals surface area contributed by atoms with Crippen molar-refractivity contribution in [2.75, 3.05) is 32.7 Å². The average Bonchev–Trinajstić information content (AvgIpc) is 2.32. The van der Waals surface area contributed by atoms with Gasteiger partial charge in [0.15, 0.2) is 0 Å². The highest BCUT2D eigenvalue weighted by molar-refractivity contribution is 9.11. The lowest BCUT2D eigenvalue weighted by atomic mass is 10.2. The molecular formula is C12H14Br2ClNO2. The van der Waals surface area contributed by atoms with E-state index in [1.807, 2.05) is 6.07 Å². The van der Waals surface area contributed by atoms with Crippen molar-refractivity contribution in [3.05, 3.63) is 32.7 Å². The van der Waals surface area contributed by atoms with E-state index in [4.69, 9.17) is 16.3 Å². The lowest BCUT2D eigenvalue weighted by molar-refractivity contribution is 0.0711. The van der Waals surface area contributed by atoms with Crippen LogP contribution in [0.15, 0.2) is 27.1 Å². The van der Waals surface area contributed by atoms with Gasteiger partial charge in [0.25, 0.3) is 5.91 Å². The fraction of sp³-hybridized carbons (Fsp3) is 0.417. The molecule has 0 radical (unpaired) electrons. The topological polar surface area (TPSA) is 29.5 Å². The van der Waals surface area contributed by atoms with Gasteiger partial charge in [0.1, 0.15) is 0 Å². The van der Waals surface area contributed by atoms with E-state index >= 15 is 0 Å². The number of alkyl halides is 1. The van der Waals surface area contributed by atoms with E-state index in [2.05, 4.69) is 31.9 Å². The van der Waals surface area contributed by atoms with Gasteiger partial charge in [0.05, 0.1) is 13.2 Å². The Morgan fingerprint density at radius 1 is 1.28 bits per heavy atom. The molecule has 0 unspecified atom stereocenters. The van der Waals surface area contributed by atoms with Crippen LogP contribution in [0.25, 0.3) is 0 Å². The highest BCUT2D eigenvalue weighted by atomic mass is 79.9. The molecular weight excluding hydrogens is 385 g/mol. The minimum Gasteiger partial charge on any atom is -0.378 e. The van der Waals surface area contributed by atoms with E-state index in [1.165, 1.54) is 0 Å². The van der Waals surface area contributed by atoms with Crippen LogP contribution >= 0.6 is 43.5 Å². The molecule has 0 aliphatic rings. The molecule has 0 saturated heterocycles. The number of benzene rings is 1. The number of amides is 1. The van der Waals surface area contributed by atoms with Gasteiger partial charge in [0, 0.05) is 34.0 Å². The second-order valence-electron chi connectivity index (χ2n) is 3.69. The normalized spacial score (nSPS) is 10.4. The summed E-state index contributed by atoms with van der Waals surface area (Å²) in [5.41, 5.74) is 0.635. The molecule has 0 aliphatic carbocycles. The van der Waals surface area contributed by atoms with E-state index in [1.54, 1.807) is 24.1 Å². The summed E-state index contributed by atoms with van der Waals surface area (Å²) in [7, 11) is 1.75. The van der Waals surface area contributed by atoms with Crippen LogP contribution in [0.4, 0.5) is 0 Å². The van der Waals surface area contributed by atoms with Crippen LogP contribution in [0.1, 0.15) is 10.4 Å². The van der Waals surface area contributed by atoms with Crippen molar-refractivity contribution < 1.29 is 9.53 Å². The second kappa shape index (κ2) is 8.15. The number of nitrogens with zero attached hydrogens (tertiary/aromatic N) is 1. The molecule has 3 nitrogen and oxygen atoms in total.